The maximum absolute atomic E-state index is 3.88. The van der Waals surface area contributed by atoms with Gasteiger partial charge in [0.05, 0.1) is 0 Å². The lowest BCUT2D eigenvalue weighted by atomic mass is 9.73. The third kappa shape index (κ3) is 3.76. The molecule has 4 atom stereocenters. The first-order valence-corrected chi connectivity index (χ1v) is 7.17. The normalized spacial score (nSPS) is 33.4. The zero-order valence-corrected chi connectivity index (χ0v) is 12.1. The van der Waals surface area contributed by atoms with Gasteiger partial charge in [0.2, 0.25) is 0 Å². The molecule has 0 saturated heterocycles. The second-order valence-electron chi connectivity index (χ2n) is 6.63. The van der Waals surface area contributed by atoms with E-state index in [2.05, 4.69) is 46.9 Å². The van der Waals surface area contributed by atoms with Crippen molar-refractivity contribution in [3.05, 3.63) is 0 Å². The van der Waals surface area contributed by atoms with Crippen LogP contribution in [0.2, 0.25) is 0 Å². The second kappa shape index (κ2) is 6.05. The lowest BCUT2D eigenvalue weighted by Gasteiger charge is -2.40. The van der Waals surface area contributed by atoms with Crippen molar-refractivity contribution in [3.63, 3.8) is 0 Å². The molecular formula is C15H31N. The molecule has 0 aromatic carbocycles. The SMILES string of the molecule is CC1CCC(C(C)C)C(NC(C)C(C)C)C1. The maximum atomic E-state index is 3.88. The van der Waals surface area contributed by atoms with E-state index in [0.717, 1.165) is 29.7 Å². The fourth-order valence-corrected chi connectivity index (χ4v) is 2.92. The summed E-state index contributed by atoms with van der Waals surface area (Å²) in [6, 6.07) is 1.40. The Labute approximate surface area is 102 Å². The highest BCUT2D eigenvalue weighted by molar-refractivity contribution is 4.87. The Morgan fingerprint density at radius 2 is 1.62 bits per heavy atom. The van der Waals surface area contributed by atoms with Gasteiger partial charge in [-0.05, 0) is 43.4 Å². The average Bonchev–Trinajstić information content (AvgIpc) is 2.16. The van der Waals surface area contributed by atoms with Crippen molar-refractivity contribution in [1.82, 2.24) is 5.32 Å². The molecule has 0 amide bonds. The Morgan fingerprint density at radius 1 is 1.00 bits per heavy atom. The summed E-state index contributed by atoms with van der Waals surface area (Å²) in [5, 5.41) is 3.88. The Bertz CT molecular complexity index is 198. The zero-order chi connectivity index (χ0) is 12.3. The lowest BCUT2D eigenvalue weighted by Crippen LogP contribution is -2.48. The predicted octanol–water partition coefficient (Wildman–Crippen LogP) is 4.08. The van der Waals surface area contributed by atoms with Crippen LogP contribution in [0.15, 0.2) is 0 Å². The summed E-state index contributed by atoms with van der Waals surface area (Å²) in [4.78, 5) is 0. The van der Waals surface area contributed by atoms with Crippen LogP contribution >= 0.6 is 0 Å². The van der Waals surface area contributed by atoms with E-state index in [4.69, 9.17) is 0 Å². The molecule has 0 aromatic heterocycles. The molecule has 0 aliphatic heterocycles. The molecule has 1 fully saturated rings. The van der Waals surface area contributed by atoms with Gasteiger partial charge in [0.15, 0.2) is 0 Å². The maximum Gasteiger partial charge on any atom is 0.0103 e. The highest BCUT2D eigenvalue weighted by atomic mass is 15.0. The topological polar surface area (TPSA) is 12.0 Å². The van der Waals surface area contributed by atoms with Crippen LogP contribution in [0.25, 0.3) is 0 Å². The molecule has 1 aliphatic rings. The van der Waals surface area contributed by atoms with Crippen LogP contribution in [0.3, 0.4) is 0 Å². The molecule has 1 heteroatoms. The molecule has 1 saturated carbocycles. The van der Waals surface area contributed by atoms with Crippen molar-refractivity contribution < 1.29 is 0 Å². The van der Waals surface area contributed by atoms with Crippen molar-refractivity contribution >= 4 is 0 Å². The van der Waals surface area contributed by atoms with Crippen molar-refractivity contribution in [1.29, 1.82) is 0 Å². The standard InChI is InChI=1S/C15H31N/c1-10(2)13(6)16-15-9-12(5)7-8-14(15)11(3)4/h10-16H,7-9H2,1-6H3. The van der Waals surface area contributed by atoms with Gasteiger partial charge < -0.3 is 5.32 Å². The summed E-state index contributed by atoms with van der Waals surface area (Å²) >= 11 is 0. The largest absolute Gasteiger partial charge is 0.311 e. The summed E-state index contributed by atoms with van der Waals surface area (Å²) in [6.07, 6.45) is 4.22. The summed E-state index contributed by atoms with van der Waals surface area (Å²) < 4.78 is 0. The van der Waals surface area contributed by atoms with E-state index < -0.39 is 0 Å². The van der Waals surface area contributed by atoms with E-state index in [9.17, 15) is 0 Å². The van der Waals surface area contributed by atoms with Gasteiger partial charge in [-0.2, -0.15) is 0 Å². The molecule has 16 heavy (non-hydrogen) atoms. The minimum atomic E-state index is 0.650. The minimum absolute atomic E-state index is 0.650. The number of hydrogen-bond acceptors (Lipinski definition) is 1. The van der Waals surface area contributed by atoms with Crippen LogP contribution in [-0.4, -0.2) is 12.1 Å². The molecule has 0 heterocycles. The first kappa shape index (κ1) is 14.0. The van der Waals surface area contributed by atoms with Crippen LogP contribution in [0.5, 0.6) is 0 Å². The van der Waals surface area contributed by atoms with Gasteiger partial charge in [-0.15, -0.1) is 0 Å². The van der Waals surface area contributed by atoms with Crippen LogP contribution in [0.1, 0.15) is 60.8 Å². The van der Waals surface area contributed by atoms with Gasteiger partial charge in [0.25, 0.3) is 0 Å². The number of hydrogen-bond donors (Lipinski definition) is 1. The molecule has 0 aromatic rings. The Hall–Kier alpha value is -0.0400. The Morgan fingerprint density at radius 3 is 2.12 bits per heavy atom. The summed E-state index contributed by atoms with van der Waals surface area (Å²) in [7, 11) is 0. The third-order valence-corrected chi connectivity index (χ3v) is 4.50. The molecule has 0 bridgehead atoms. The van der Waals surface area contributed by atoms with Crippen LogP contribution in [-0.2, 0) is 0 Å². The zero-order valence-electron chi connectivity index (χ0n) is 12.1. The van der Waals surface area contributed by atoms with Crippen LogP contribution in [0.4, 0.5) is 0 Å². The molecule has 0 spiro atoms. The van der Waals surface area contributed by atoms with Crippen molar-refractivity contribution in [2.45, 2.75) is 72.9 Å². The summed E-state index contributed by atoms with van der Waals surface area (Å²) in [5.41, 5.74) is 0. The number of rotatable bonds is 4. The fraction of sp³-hybridized carbons (Fsp3) is 1.00. The van der Waals surface area contributed by atoms with E-state index in [0.29, 0.717) is 6.04 Å². The van der Waals surface area contributed by atoms with Crippen molar-refractivity contribution in [3.8, 4) is 0 Å². The fourth-order valence-electron chi connectivity index (χ4n) is 2.92. The molecular weight excluding hydrogens is 194 g/mol. The van der Waals surface area contributed by atoms with Crippen molar-refractivity contribution in [2.75, 3.05) is 0 Å². The van der Waals surface area contributed by atoms with Gasteiger partial charge in [-0.25, -0.2) is 0 Å². The first-order valence-electron chi connectivity index (χ1n) is 7.17. The van der Waals surface area contributed by atoms with E-state index >= 15 is 0 Å². The van der Waals surface area contributed by atoms with E-state index in [1.165, 1.54) is 19.3 Å². The molecule has 1 rings (SSSR count). The van der Waals surface area contributed by atoms with Gasteiger partial charge in [-0.3, -0.25) is 0 Å². The highest BCUT2D eigenvalue weighted by Crippen LogP contribution is 2.33. The Kier molecular flexibility index (Phi) is 5.30. The van der Waals surface area contributed by atoms with E-state index in [1.54, 1.807) is 0 Å². The summed E-state index contributed by atoms with van der Waals surface area (Å²) in [5.74, 6) is 3.36. The quantitative estimate of drug-likeness (QED) is 0.760. The predicted molar refractivity (Wildman–Crippen MR) is 72.6 cm³/mol. The van der Waals surface area contributed by atoms with Crippen LogP contribution in [0, 0.1) is 23.7 Å². The van der Waals surface area contributed by atoms with Gasteiger partial charge in [-0.1, -0.05) is 41.0 Å². The molecule has 1 nitrogen and oxygen atoms in total. The molecule has 96 valence electrons. The van der Waals surface area contributed by atoms with E-state index in [1.807, 2.05) is 0 Å². The molecule has 4 unspecified atom stereocenters. The van der Waals surface area contributed by atoms with Gasteiger partial charge in [0.1, 0.15) is 0 Å². The van der Waals surface area contributed by atoms with Crippen molar-refractivity contribution in [2.24, 2.45) is 23.7 Å². The van der Waals surface area contributed by atoms with E-state index in [-0.39, 0.29) is 0 Å². The lowest BCUT2D eigenvalue weighted by molar-refractivity contribution is 0.153. The van der Waals surface area contributed by atoms with Gasteiger partial charge in [0, 0.05) is 12.1 Å². The molecule has 0 radical (unpaired) electrons. The minimum Gasteiger partial charge on any atom is -0.311 e. The van der Waals surface area contributed by atoms with Gasteiger partial charge >= 0.3 is 0 Å². The third-order valence-electron chi connectivity index (χ3n) is 4.50. The summed E-state index contributed by atoms with van der Waals surface area (Å²) in [6.45, 7) is 14.1. The monoisotopic (exact) mass is 225 g/mol. The smallest absolute Gasteiger partial charge is 0.0103 e. The Balaban J connectivity index is 2.57. The average molecular weight is 225 g/mol. The van der Waals surface area contributed by atoms with Crippen LogP contribution < -0.4 is 5.32 Å². The molecule has 1 aliphatic carbocycles. The highest BCUT2D eigenvalue weighted by Gasteiger charge is 2.31. The number of nitrogens with one attached hydrogen (secondary N) is 1. The second-order valence-corrected chi connectivity index (χ2v) is 6.63. The molecule has 1 N–H and O–H groups in total. The first-order chi connectivity index (χ1) is 7.41.